The SMILES string of the molecule is CC(C)C1CC(NCCCO)CN(CC2CCCC2)C1. The Hall–Kier alpha value is -0.120. The topological polar surface area (TPSA) is 35.5 Å². The summed E-state index contributed by atoms with van der Waals surface area (Å²) in [7, 11) is 0. The molecule has 3 nitrogen and oxygen atoms in total. The number of nitrogens with one attached hydrogen (secondary N) is 1. The molecule has 1 saturated carbocycles. The summed E-state index contributed by atoms with van der Waals surface area (Å²) in [5.74, 6) is 2.57. The van der Waals surface area contributed by atoms with Crippen LogP contribution in [0.1, 0.15) is 52.4 Å². The molecule has 2 fully saturated rings. The number of hydrogen-bond donors (Lipinski definition) is 2. The summed E-state index contributed by atoms with van der Waals surface area (Å²) in [4.78, 5) is 2.72. The van der Waals surface area contributed by atoms with E-state index in [9.17, 15) is 0 Å². The lowest BCUT2D eigenvalue weighted by molar-refractivity contribution is 0.101. The Labute approximate surface area is 125 Å². The zero-order valence-corrected chi connectivity index (χ0v) is 13.5. The lowest BCUT2D eigenvalue weighted by atomic mass is 9.85. The summed E-state index contributed by atoms with van der Waals surface area (Å²) in [6.07, 6.45) is 7.99. The standard InChI is InChI=1S/C17H34N2O/c1-14(2)16-10-17(18-8-5-9-20)13-19(12-16)11-15-6-3-4-7-15/h14-18,20H,3-13H2,1-2H3. The van der Waals surface area contributed by atoms with Gasteiger partial charge in [0.15, 0.2) is 0 Å². The van der Waals surface area contributed by atoms with Crippen molar-refractivity contribution in [2.75, 3.05) is 32.8 Å². The van der Waals surface area contributed by atoms with Crippen LogP contribution in [0.25, 0.3) is 0 Å². The Morgan fingerprint density at radius 2 is 1.95 bits per heavy atom. The zero-order chi connectivity index (χ0) is 14.4. The van der Waals surface area contributed by atoms with E-state index in [4.69, 9.17) is 5.11 Å². The largest absolute Gasteiger partial charge is 0.396 e. The van der Waals surface area contributed by atoms with Crippen LogP contribution < -0.4 is 5.32 Å². The summed E-state index contributed by atoms with van der Waals surface area (Å²) >= 11 is 0. The molecule has 2 atom stereocenters. The van der Waals surface area contributed by atoms with Crippen molar-refractivity contribution in [1.82, 2.24) is 10.2 Å². The minimum Gasteiger partial charge on any atom is -0.396 e. The Morgan fingerprint density at radius 3 is 2.60 bits per heavy atom. The molecule has 0 spiro atoms. The number of rotatable bonds is 7. The predicted molar refractivity (Wildman–Crippen MR) is 84.8 cm³/mol. The average molecular weight is 282 g/mol. The first kappa shape index (κ1) is 16.3. The highest BCUT2D eigenvalue weighted by molar-refractivity contribution is 4.86. The molecule has 0 radical (unpaired) electrons. The molecule has 3 heteroatoms. The van der Waals surface area contributed by atoms with Gasteiger partial charge in [-0.25, -0.2) is 0 Å². The van der Waals surface area contributed by atoms with E-state index in [0.29, 0.717) is 12.6 Å². The summed E-state index contributed by atoms with van der Waals surface area (Å²) in [6, 6.07) is 0.629. The van der Waals surface area contributed by atoms with Crippen LogP contribution in [0, 0.1) is 17.8 Å². The van der Waals surface area contributed by atoms with Crippen molar-refractivity contribution in [3.63, 3.8) is 0 Å². The van der Waals surface area contributed by atoms with Crippen LogP contribution in [0.5, 0.6) is 0 Å². The highest BCUT2D eigenvalue weighted by Gasteiger charge is 2.30. The second kappa shape index (κ2) is 8.35. The van der Waals surface area contributed by atoms with Crippen LogP contribution in [0.4, 0.5) is 0 Å². The molecule has 0 aromatic carbocycles. The third-order valence-electron chi connectivity index (χ3n) is 5.26. The average Bonchev–Trinajstić information content (AvgIpc) is 2.91. The van der Waals surface area contributed by atoms with E-state index in [1.54, 1.807) is 0 Å². The smallest absolute Gasteiger partial charge is 0.0443 e. The van der Waals surface area contributed by atoms with E-state index in [-0.39, 0.29) is 0 Å². The fraction of sp³-hybridized carbons (Fsp3) is 1.00. The maximum Gasteiger partial charge on any atom is 0.0443 e. The molecule has 1 heterocycles. The van der Waals surface area contributed by atoms with Crippen molar-refractivity contribution >= 4 is 0 Å². The van der Waals surface area contributed by atoms with Gasteiger partial charge in [0, 0.05) is 32.3 Å². The molecule has 2 aliphatic rings. The van der Waals surface area contributed by atoms with Gasteiger partial charge in [-0.15, -0.1) is 0 Å². The van der Waals surface area contributed by atoms with E-state index < -0.39 is 0 Å². The first-order valence-corrected chi connectivity index (χ1v) is 8.75. The second-order valence-electron chi connectivity index (χ2n) is 7.34. The lowest BCUT2D eigenvalue weighted by Gasteiger charge is -2.41. The molecule has 0 aromatic heterocycles. The highest BCUT2D eigenvalue weighted by atomic mass is 16.3. The quantitative estimate of drug-likeness (QED) is 0.704. The Morgan fingerprint density at radius 1 is 1.20 bits per heavy atom. The van der Waals surface area contributed by atoms with Crippen LogP contribution in [-0.2, 0) is 0 Å². The molecular formula is C17H34N2O. The van der Waals surface area contributed by atoms with E-state index >= 15 is 0 Å². The minimum atomic E-state index is 0.305. The molecule has 1 aliphatic heterocycles. The van der Waals surface area contributed by atoms with E-state index in [1.165, 1.54) is 51.7 Å². The van der Waals surface area contributed by atoms with Crippen LogP contribution in [0.3, 0.4) is 0 Å². The molecule has 0 amide bonds. The summed E-state index contributed by atoms with van der Waals surface area (Å²) in [5.41, 5.74) is 0. The van der Waals surface area contributed by atoms with Crippen molar-refractivity contribution in [1.29, 1.82) is 0 Å². The van der Waals surface area contributed by atoms with Gasteiger partial charge in [-0.2, -0.15) is 0 Å². The molecule has 2 N–H and O–H groups in total. The van der Waals surface area contributed by atoms with Crippen molar-refractivity contribution < 1.29 is 5.11 Å². The first-order valence-electron chi connectivity index (χ1n) is 8.75. The van der Waals surface area contributed by atoms with Crippen LogP contribution >= 0.6 is 0 Å². The molecular weight excluding hydrogens is 248 g/mol. The third kappa shape index (κ3) is 5.01. The van der Waals surface area contributed by atoms with E-state index in [2.05, 4.69) is 24.1 Å². The molecule has 20 heavy (non-hydrogen) atoms. The van der Waals surface area contributed by atoms with Gasteiger partial charge in [0.2, 0.25) is 0 Å². The molecule has 1 aliphatic carbocycles. The molecule has 118 valence electrons. The molecule has 2 rings (SSSR count). The number of hydrogen-bond acceptors (Lipinski definition) is 3. The fourth-order valence-corrected chi connectivity index (χ4v) is 3.96. The van der Waals surface area contributed by atoms with E-state index in [0.717, 1.165) is 30.7 Å². The van der Waals surface area contributed by atoms with Gasteiger partial charge in [0.05, 0.1) is 0 Å². The monoisotopic (exact) mass is 282 g/mol. The van der Waals surface area contributed by atoms with Gasteiger partial charge >= 0.3 is 0 Å². The summed E-state index contributed by atoms with van der Waals surface area (Å²) in [5, 5.41) is 12.6. The maximum absolute atomic E-state index is 8.93. The zero-order valence-electron chi connectivity index (χ0n) is 13.5. The minimum absolute atomic E-state index is 0.305. The Kier molecular flexibility index (Phi) is 6.79. The molecule has 2 unspecified atom stereocenters. The van der Waals surface area contributed by atoms with Gasteiger partial charge in [0.25, 0.3) is 0 Å². The third-order valence-corrected chi connectivity index (χ3v) is 5.26. The molecule has 0 aromatic rings. The van der Waals surface area contributed by atoms with Crippen molar-refractivity contribution in [2.24, 2.45) is 17.8 Å². The highest BCUT2D eigenvalue weighted by Crippen LogP contribution is 2.29. The van der Waals surface area contributed by atoms with Gasteiger partial charge in [0.1, 0.15) is 0 Å². The Balaban J connectivity index is 1.82. The van der Waals surface area contributed by atoms with E-state index in [1.807, 2.05) is 0 Å². The van der Waals surface area contributed by atoms with Crippen molar-refractivity contribution in [3.05, 3.63) is 0 Å². The van der Waals surface area contributed by atoms with Crippen LogP contribution in [0.15, 0.2) is 0 Å². The predicted octanol–water partition coefficient (Wildman–Crippen LogP) is 2.50. The second-order valence-corrected chi connectivity index (χ2v) is 7.34. The summed E-state index contributed by atoms with van der Waals surface area (Å²) in [6.45, 7) is 9.84. The van der Waals surface area contributed by atoms with Crippen LogP contribution in [-0.4, -0.2) is 48.8 Å². The van der Waals surface area contributed by atoms with Crippen molar-refractivity contribution in [2.45, 2.75) is 58.4 Å². The van der Waals surface area contributed by atoms with Gasteiger partial charge < -0.3 is 15.3 Å². The number of aliphatic hydroxyl groups is 1. The van der Waals surface area contributed by atoms with Crippen molar-refractivity contribution in [3.8, 4) is 0 Å². The fourth-order valence-electron chi connectivity index (χ4n) is 3.96. The van der Waals surface area contributed by atoms with Crippen LogP contribution in [0.2, 0.25) is 0 Å². The van der Waals surface area contributed by atoms with Gasteiger partial charge in [-0.1, -0.05) is 26.7 Å². The number of piperidine rings is 1. The lowest BCUT2D eigenvalue weighted by Crippen LogP contribution is -2.51. The first-order chi connectivity index (χ1) is 9.69. The molecule has 0 bridgehead atoms. The molecule has 1 saturated heterocycles. The number of likely N-dealkylation sites (tertiary alicyclic amines) is 1. The Bertz CT molecular complexity index is 262. The maximum atomic E-state index is 8.93. The normalized spacial score (nSPS) is 29.4. The summed E-state index contributed by atoms with van der Waals surface area (Å²) < 4.78 is 0. The van der Waals surface area contributed by atoms with Gasteiger partial charge in [-0.05, 0) is 50.0 Å². The van der Waals surface area contributed by atoms with Gasteiger partial charge in [-0.3, -0.25) is 0 Å². The number of nitrogens with zero attached hydrogens (tertiary/aromatic N) is 1. The number of aliphatic hydroxyl groups excluding tert-OH is 1.